The van der Waals surface area contributed by atoms with Crippen molar-refractivity contribution in [2.24, 2.45) is 5.92 Å². The number of carbonyl (C=O) groups excluding carboxylic acids is 1. The van der Waals surface area contributed by atoms with Gasteiger partial charge in [-0.15, -0.1) is 23.4 Å². The van der Waals surface area contributed by atoms with Crippen molar-refractivity contribution < 1.29 is 24.9 Å². The molecule has 0 aliphatic carbocycles. The lowest BCUT2D eigenvalue weighted by molar-refractivity contribution is -0.205. The Kier molecular flexibility index (Phi) is 7.82. The third-order valence-electron chi connectivity index (χ3n) is 5.05. The smallest absolute Gasteiger partial charge is 0.237 e. The van der Waals surface area contributed by atoms with Crippen molar-refractivity contribution in [2.45, 2.75) is 74.0 Å². The maximum Gasteiger partial charge on any atom is 0.237 e. The zero-order chi connectivity index (χ0) is 18.7. The van der Waals surface area contributed by atoms with Gasteiger partial charge in [0.15, 0.2) is 0 Å². The van der Waals surface area contributed by atoms with Crippen LogP contribution in [0.5, 0.6) is 0 Å². The highest BCUT2D eigenvalue weighted by Crippen LogP contribution is 2.30. The summed E-state index contributed by atoms with van der Waals surface area (Å²) in [6.45, 7) is 4.50. The Morgan fingerprint density at radius 3 is 2.56 bits per heavy atom. The van der Waals surface area contributed by atoms with Crippen LogP contribution in [0, 0.1) is 5.92 Å². The van der Waals surface area contributed by atoms with Crippen LogP contribution in [0.1, 0.15) is 26.7 Å². The number of alkyl halides is 1. The van der Waals surface area contributed by atoms with Crippen LogP contribution in [0.4, 0.5) is 0 Å². The molecular formula is C16H29ClN2O5S. The molecule has 7 nitrogen and oxygen atoms in total. The van der Waals surface area contributed by atoms with E-state index in [1.54, 1.807) is 13.2 Å². The molecule has 0 saturated carbocycles. The number of aliphatic hydroxyl groups excluding tert-OH is 3. The zero-order valence-electron chi connectivity index (χ0n) is 14.8. The Morgan fingerprint density at radius 2 is 2.00 bits per heavy atom. The van der Waals surface area contributed by atoms with Crippen molar-refractivity contribution >= 4 is 29.3 Å². The van der Waals surface area contributed by atoms with Gasteiger partial charge in [-0.1, -0.05) is 6.92 Å². The van der Waals surface area contributed by atoms with E-state index in [1.807, 2.05) is 6.92 Å². The first-order chi connectivity index (χ1) is 11.8. The van der Waals surface area contributed by atoms with E-state index in [0.29, 0.717) is 0 Å². The van der Waals surface area contributed by atoms with Crippen LogP contribution >= 0.6 is 23.4 Å². The number of halogens is 1. The number of carbonyl (C=O) groups is 1. The average Bonchev–Trinajstić information content (AvgIpc) is 2.58. The maximum atomic E-state index is 12.7. The van der Waals surface area contributed by atoms with E-state index >= 15 is 0 Å². The number of piperidine rings is 1. The predicted octanol–water partition coefficient (Wildman–Crippen LogP) is -0.343. The molecule has 2 saturated heterocycles. The van der Waals surface area contributed by atoms with E-state index in [9.17, 15) is 20.1 Å². The Bertz CT molecular complexity index is 456. The summed E-state index contributed by atoms with van der Waals surface area (Å²) in [4.78, 5) is 12.7. The lowest BCUT2D eigenvalue weighted by Crippen LogP contribution is -2.65. The molecule has 0 bridgehead atoms. The SMILES string of the molecule is CSC1OC(C(NC(=O)[C@@H]2NCCC[C@@H]2C)C(C)Cl)C(O)C(O)C1O. The first kappa shape index (κ1) is 21.2. The van der Waals surface area contributed by atoms with Crippen LogP contribution < -0.4 is 10.6 Å². The molecule has 2 fully saturated rings. The molecule has 0 aromatic rings. The normalized spacial score (nSPS) is 41.8. The van der Waals surface area contributed by atoms with Gasteiger partial charge in [0, 0.05) is 0 Å². The highest BCUT2D eigenvalue weighted by Gasteiger charge is 2.48. The quantitative estimate of drug-likeness (QED) is 0.404. The minimum Gasteiger partial charge on any atom is -0.388 e. The van der Waals surface area contributed by atoms with Gasteiger partial charge >= 0.3 is 0 Å². The predicted molar refractivity (Wildman–Crippen MR) is 97.6 cm³/mol. The fourth-order valence-electron chi connectivity index (χ4n) is 3.48. The fraction of sp³-hybridized carbons (Fsp3) is 0.938. The van der Waals surface area contributed by atoms with Crippen LogP contribution in [0.3, 0.4) is 0 Å². The van der Waals surface area contributed by atoms with Gasteiger partial charge < -0.3 is 30.7 Å². The standard InChI is InChI=1S/C16H29ClN2O5S/c1-7-5-4-6-18-9(7)15(23)19-10(8(2)17)14-12(21)11(20)13(22)16(24-14)25-3/h7-14,16,18,20-22H,4-6H2,1-3H3,(H,19,23)/t7-,8?,9+,10?,11?,12?,13?,14?,16?/m0/s1. The number of thioether (sulfide) groups is 1. The summed E-state index contributed by atoms with van der Waals surface area (Å²) < 4.78 is 5.75. The van der Waals surface area contributed by atoms with Gasteiger partial charge in [0.2, 0.25) is 5.91 Å². The number of hydrogen-bond acceptors (Lipinski definition) is 7. The average molecular weight is 397 g/mol. The first-order valence-electron chi connectivity index (χ1n) is 8.68. The Hall–Kier alpha value is -0.0900. The monoisotopic (exact) mass is 396 g/mol. The van der Waals surface area contributed by atoms with Crippen molar-refractivity contribution in [3.63, 3.8) is 0 Å². The van der Waals surface area contributed by atoms with E-state index in [1.165, 1.54) is 11.8 Å². The van der Waals surface area contributed by atoms with E-state index in [4.69, 9.17) is 16.3 Å². The Morgan fingerprint density at radius 1 is 1.32 bits per heavy atom. The van der Waals surface area contributed by atoms with E-state index in [2.05, 4.69) is 10.6 Å². The van der Waals surface area contributed by atoms with Gasteiger partial charge in [0.05, 0.1) is 17.5 Å². The molecule has 2 aliphatic heterocycles. The second-order valence-corrected chi connectivity index (χ2v) is 8.56. The molecule has 0 aromatic heterocycles. The molecule has 0 radical (unpaired) electrons. The summed E-state index contributed by atoms with van der Waals surface area (Å²) in [5.41, 5.74) is -0.704. The van der Waals surface area contributed by atoms with E-state index in [0.717, 1.165) is 19.4 Å². The van der Waals surface area contributed by atoms with Gasteiger partial charge in [-0.25, -0.2) is 0 Å². The van der Waals surface area contributed by atoms with Crippen LogP contribution in [0.2, 0.25) is 0 Å². The molecule has 0 aromatic carbocycles. The Labute approximate surface area is 157 Å². The zero-order valence-corrected chi connectivity index (χ0v) is 16.3. The molecule has 5 N–H and O–H groups in total. The summed E-state index contributed by atoms with van der Waals surface area (Å²) in [6.07, 6.45) is -1.09. The van der Waals surface area contributed by atoms with Gasteiger partial charge in [0.1, 0.15) is 29.9 Å². The summed E-state index contributed by atoms with van der Waals surface area (Å²) in [6, 6.07) is -1.02. The van der Waals surface area contributed by atoms with Crippen molar-refractivity contribution in [1.82, 2.24) is 10.6 Å². The highest BCUT2D eigenvalue weighted by atomic mass is 35.5. The molecule has 7 unspecified atom stereocenters. The summed E-state index contributed by atoms with van der Waals surface area (Å²) in [7, 11) is 0. The van der Waals surface area contributed by atoms with Gasteiger partial charge in [0.25, 0.3) is 0 Å². The number of aliphatic hydroxyl groups is 3. The summed E-state index contributed by atoms with van der Waals surface area (Å²) in [5.74, 6) is 0.00500. The topological polar surface area (TPSA) is 111 Å². The molecule has 0 spiro atoms. The lowest BCUT2D eigenvalue weighted by atomic mass is 9.90. The fourth-order valence-corrected chi connectivity index (χ4v) is 4.36. The van der Waals surface area contributed by atoms with Crippen LogP contribution in [-0.4, -0.2) is 81.3 Å². The van der Waals surface area contributed by atoms with E-state index in [-0.39, 0.29) is 17.9 Å². The van der Waals surface area contributed by atoms with Crippen molar-refractivity contribution in [3.05, 3.63) is 0 Å². The molecule has 1 amide bonds. The highest BCUT2D eigenvalue weighted by molar-refractivity contribution is 7.99. The van der Waals surface area contributed by atoms with Gasteiger partial charge in [-0.2, -0.15) is 0 Å². The number of rotatable bonds is 5. The minimum atomic E-state index is -1.36. The molecule has 25 heavy (non-hydrogen) atoms. The van der Waals surface area contributed by atoms with Gasteiger partial charge in [-0.05, 0) is 38.5 Å². The lowest BCUT2D eigenvalue weighted by Gasteiger charge is -2.44. The van der Waals surface area contributed by atoms with Crippen molar-refractivity contribution in [3.8, 4) is 0 Å². The third kappa shape index (κ3) is 4.80. The molecule has 2 heterocycles. The number of hydrogen-bond donors (Lipinski definition) is 5. The van der Waals surface area contributed by atoms with Crippen LogP contribution in [0.25, 0.3) is 0 Å². The molecule has 2 aliphatic rings. The molecule has 9 atom stereocenters. The number of ether oxygens (including phenoxy) is 1. The molecule has 9 heteroatoms. The first-order valence-corrected chi connectivity index (χ1v) is 10.4. The minimum absolute atomic E-state index is 0.193. The second-order valence-electron chi connectivity index (χ2n) is 6.94. The van der Waals surface area contributed by atoms with Crippen molar-refractivity contribution in [2.75, 3.05) is 12.8 Å². The Balaban J connectivity index is 2.12. The van der Waals surface area contributed by atoms with Crippen LogP contribution in [0.15, 0.2) is 0 Å². The van der Waals surface area contributed by atoms with Crippen molar-refractivity contribution in [1.29, 1.82) is 0 Å². The summed E-state index contributed by atoms with van der Waals surface area (Å²) >= 11 is 7.49. The number of amides is 1. The molecule has 2 rings (SSSR count). The number of nitrogens with one attached hydrogen (secondary N) is 2. The summed E-state index contributed by atoms with van der Waals surface area (Å²) in [5, 5.41) is 36.0. The second kappa shape index (κ2) is 9.21. The maximum absolute atomic E-state index is 12.7. The molecular weight excluding hydrogens is 368 g/mol. The van der Waals surface area contributed by atoms with Gasteiger partial charge in [-0.3, -0.25) is 4.79 Å². The van der Waals surface area contributed by atoms with Crippen LogP contribution in [-0.2, 0) is 9.53 Å². The third-order valence-corrected chi connectivity index (χ3v) is 6.17. The van der Waals surface area contributed by atoms with E-state index < -0.39 is 41.3 Å². The molecule has 146 valence electrons. The largest absolute Gasteiger partial charge is 0.388 e.